The number of benzene rings is 2. The number of para-hydroxylation sites is 4. The highest BCUT2D eigenvalue weighted by molar-refractivity contribution is 6.29. The van der Waals surface area contributed by atoms with E-state index in [4.69, 9.17) is 9.98 Å². The first-order valence-electron chi connectivity index (χ1n) is 12.8. The fourth-order valence-corrected chi connectivity index (χ4v) is 5.66. The van der Waals surface area contributed by atoms with E-state index in [2.05, 4.69) is 9.80 Å². The Labute approximate surface area is 223 Å². The number of nitrogens with zero attached hydrogens (tertiary/aromatic N) is 4. The van der Waals surface area contributed by atoms with Gasteiger partial charge in [0, 0.05) is 25.2 Å². The van der Waals surface area contributed by atoms with Crippen LogP contribution in [0.15, 0.2) is 105 Å². The first-order chi connectivity index (χ1) is 18.0. The molecule has 2 aromatic rings. The molecule has 0 saturated carbocycles. The molecule has 0 amide bonds. The lowest BCUT2D eigenvalue weighted by molar-refractivity contribution is -0.121. The van der Waals surface area contributed by atoms with Gasteiger partial charge in [0.15, 0.2) is 11.6 Å². The molecule has 2 aliphatic carbocycles. The smallest absolute Gasteiger partial charge is 0.174 e. The summed E-state index contributed by atoms with van der Waals surface area (Å²) in [7, 11) is 3.99. The monoisotopic (exact) mass is 502 g/mol. The van der Waals surface area contributed by atoms with Crippen molar-refractivity contribution in [3.63, 3.8) is 0 Å². The number of Topliss-reactive ketones (excluding diaryl/α,β-unsaturated/α-hetero) is 2. The van der Waals surface area contributed by atoms with Crippen LogP contribution in [0.1, 0.15) is 27.7 Å². The van der Waals surface area contributed by atoms with Crippen LogP contribution >= 0.6 is 0 Å². The molecule has 6 nitrogen and oxygen atoms in total. The summed E-state index contributed by atoms with van der Waals surface area (Å²) in [5.74, 6) is -0.0449. The molecule has 0 unspecified atom stereocenters. The van der Waals surface area contributed by atoms with Crippen molar-refractivity contribution in [2.75, 3.05) is 23.9 Å². The van der Waals surface area contributed by atoms with Crippen LogP contribution in [-0.2, 0) is 9.59 Å². The molecule has 6 rings (SSSR count). The van der Waals surface area contributed by atoms with Crippen molar-refractivity contribution in [2.24, 2.45) is 20.8 Å². The van der Waals surface area contributed by atoms with Crippen molar-refractivity contribution in [3.05, 3.63) is 95.4 Å². The molecule has 0 spiro atoms. The number of carbonyl (C=O) groups excluding carboxylic acids is 2. The third kappa shape index (κ3) is 3.33. The molecule has 6 heteroatoms. The fraction of sp³-hybridized carbons (Fsp3) is 0.250. The number of fused-ring (bicyclic) bond motifs is 4. The average molecular weight is 503 g/mol. The minimum atomic E-state index is -0.808. The highest BCUT2D eigenvalue weighted by atomic mass is 16.1. The molecule has 0 atom stereocenters. The van der Waals surface area contributed by atoms with E-state index in [0.29, 0.717) is 11.1 Å². The second kappa shape index (κ2) is 8.09. The van der Waals surface area contributed by atoms with Crippen LogP contribution in [0.4, 0.5) is 22.7 Å². The Morgan fingerprint density at radius 3 is 1.39 bits per heavy atom. The number of hydrogen-bond acceptors (Lipinski definition) is 6. The molecule has 38 heavy (non-hydrogen) atoms. The first-order valence-corrected chi connectivity index (χ1v) is 12.8. The molecule has 4 aliphatic rings. The topological polar surface area (TPSA) is 65.3 Å². The number of aliphatic imine (C=N–C) groups is 2. The van der Waals surface area contributed by atoms with Crippen LogP contribution in [-0.4, -0.2) is 37.1 Å². The van der Waals surface area contributed by atoms with E-state index in [1.807, 2.05) is 102 Å². The maximum atomic E-state index is 13.7. The van der Waals surface area contributed by atoms with Crippen LogP contribution in [0.5, 0.6) is 0 Å². The van der Waals surface area contributed by atoms with Gasteiger partial charge in [-0.2, -0.15) is 0 Å². The molecule has 0 bridgehead atoms. The van der Waals surface area contributed by atoms with Crippen molar-refractivity contribution in [1.82, 2.24) is 0 Å². The lowest BCUT2D eigenvalue weighted by Gasteiger charge is -2.39. The van der Waals surface area contributed by atoms with Gasteiger partial charge in [0.2, 0.25) is 0 Å². The normalized spacial score (nSPS) is 23.1. The van der Waals surface area contributed by atoms with Crippen molar-refractivity contribution < 1.29 is 9.59 Å². The summed E-state index contributed by atoms with van der Waals surface area (Å²) in [6.07, 6.45) is 7.34. The first kappa shape index (κ1) is 24.0. The summed E-state index contributed by atoms with van der Waals surface area (Å²) in [5.41, 5.74) is 6.48. The van der Waals surface area contributed by atoms with Gasteiger partial charge < -0.3 is 9.80 Å². The van der Waals surface area contributed by atoms with Crippen LogP contribution in [0, 0.1) is 10.8 Å². The number of hydrogen-bond donors (Lipinski definition) is 0. The third-order valence-corrected chi connectivity index (χ3v) is 8.03. The lowest BCUT2D eigenvalue weighted by Crippen LogP contribution is -2.44. The summed E-state index contributed by atoms with van der Waals surface area (Å²) in [6.45, 7) is 7.66. The third-order valence-electron chi connectivity index (χ3n) is 8.03. The molecular weight excluding hydrogens is 472 g/mol. The van der Waals surface area contributed by atoms with Gasteiger partial charge in [-0.25, -0.2) is 9.98 Å². The maximum absolute atomic E-state index is 13.7. The Kier molecular flexibility index (Phi) is 5.12. The zero-order chi connectivity index (χ0) is 27.0. The molecule has 0 radical (unpaired) electrons. The van der Waals surface area contributed by atoms with E-state index in [1.54, 1.807) is 12.2 Å². The van der Waals surface area contributed by atoms with Gasteiger partial charge in [-0.3, -0.25) is 9.59 Å². The summed E-state index contributed by atoms with van der Waals surface area (Å²) in [5, 5.41) is 0. The second-order valence-corrected chi connectivity index (χ2v) is 11.2. The predicted molar refractivity (Wildman–Crippen MR) is 154 cm³/mol. The average Bonchev–Trinajstić information content (AvgIpc) is 2.90. The van der Waals surface area contributed by atoms with Gasteiger partial charge in [-0.15, -0.1) is 0 Å². The second-order valence-electron chi connectivity index (χ2n) is 11.2. The zero-order valence-electron chi connectivity index (χ0n) is 22.5. The van der Waals surface area contributed by atoms with Gasteiger partial charge in [-0.05, 0) is 64.1 Å². The van der Waals surface area contributed by atoms with Crippen molar-refractivity contribution in [2.45, 2.75) is 27.7 Å². The summed E-state index contributed by atoms with van der Waals surface area (Å²) < 4.78 is 0. The maximum Gasteiger partial charge on any atom is 0.174 e. The van der Waals surface area contributed by atoms with E-state index in [9.17, 15) is 9.59 Å². The molecule has 0 saturated heterocycles. The SMILES string of the molecule is CN1C2=C/C(=C/C=C3\C=C4C(=Nc5ccccc5N4C)C(C)(C)C3=O)C(=O)C(C)(C)C2=Nc2ccccc21. The van der Waals surface area contributed by atoms with E-state index in [-0.39, 0.29) is 11.6 Å². The van der Waals surface area contributed by atoms with Crippen LogP contribution in [0.25, 0.3) is 0 Å². The zero-order valence-corrected chi connectivity index (χ0v) is 22.5. The van der Waals surface area contributed by atoms with E-state index in [0.717, 1.165) is 45.6 Å². The van der Waals surface area contributed by atoms with Crippen LogP contribution < -0.4 is 9.80 Å². The molecule has 2 aliphatic heterocycles. The molecule has 190 valence electrons. The molecular formula is C32H30N4O2. The number of ketones is 2. The van der Waals surface area contributed by atoms with Crippen molar-refractivity contribution in [3.8, 4) is 0 Å². The highest BCUT2D eigenvalue weighted by Crippen LogP contribution is 2.45. The molecule has 2 aromatic carbocycles. The Hall–Kier alpha value is -4.32. The van der Waals surface area contributed by atoms with Gasteiger partial charge in [0.05, 0.1) is 56.4 Å². The number of rotatable bonds is 1. The molecule has 0 aromatic heterocycles. The van der Waals surface area contributed by atoms with E-state index < -0.39 is 10.8 Å². The van der Waals surface area contributed by atoms with E-state index in [1.165, 1.54) is 0 Å². The van der Waals surface area contributed by atoms with Crippen molar-refractivity contribution >= 4 is 45.7 Å². The number of anilines is 2. The quantitative estimate of drug-likeness (QED) is 0.431. The summed E-state index contributed by atoms with van der Waals surface area (Å²) >= 11 is 0. The fourth-order valence-electron chi connectivity index (χ4n) is 5.66. The Morgan fingerprint density at radius 2 is 1.00 bits per heavy atom. The molecule has 2 heterocycles. The minimum absolute atomic E-state index is 0.0224. The standard InChI is InChI=1S/C32H30N4O2/c1-31(2)27-25(35(5)23-13-9-7-11-21(23)33-27)17-19(29(31)37)15-16-20-18-26-28(32(3,4)30(20)38)34-22-12-8-10-14-24(22)36(26)6/h7-18H,1-6H3/b19-15-,20-16+. The van der Waals surface area contributed by atoms with Crippen LogP contribution in [0.3, 0.4) is 0 Å². The minimum Gasteiger partial charge on any atom is -0.341 e. The Bertz CT molecular complexity index is 1510. The van der Waals surface area contributed by atoms with Gasteiger partial charge >= 0.3 is 0 Å². The molecule has 0 N–H and O–H groups in total. The Balaban J connectivity index is 1.46. The predicted octanol–water partition coefficient (Wildman–Crippen LogP) is 6.27. The van der Waals surface area contributed by atoms with Gasteiger partial charge in [0.25, 0.3) is 0 Å². The largest absolute Gasteiger partial charge is 0.341 e. The van der Waals surface area contributed by atoms with E-state index >= 15 is 0 Å². The summed E-state index contributed by atoms with van der Waals surface area (Å²) in [4.78, 5) is 41.2. The van der Waals surface area contributed by atoms with Crippen LogP contribution in [0.2, 0.25) is 0 Å². The number of carbonyl (C=O) groups is 2. The summed E-state index contributed by atoms with van der Waals surface area (Å²) in [6, 6.07) is 15.9. The highest BCUT2D eigenvalue weighted by Gasteiger charge is 2.45. The van der Waals surface area contributed by atoms with Crippen molar-refractivity contribution in [1.29, 1.82) is 0 Å². The molecule has 0 fully saturated rings. The van der Waals surface area contributed by atoms with Gasteiger partial charge in [0.1, 0.15) is 0 Å². The Morgan fingerprint density at radius 1 is 0.632 bits per heavy atom. The number of allylic oxidation sites excluding steroid dienone is 8. The lowest BCUT2D eigenvalue weighted by atomic mass is 9.72. The van der Waals surface area contributed by atoms with Gasteiger partial charge in [-0.1, -0.05) is 36.4 Å².